The standard InChI is InChI=1S/C35H37N3O6S/c39-33(27-44-31-16-18-32(19-17-31)45(41,42)37-22-24-43-25-23-37)38(26-29-12-6-2-7-13-29)34(30-14-8-3-9-15-30)35(40)36-21-20-28-10-4-1-5-11-28/h1-19,34H,20-27H2,(H,36,40)/t34-/m1/s1. The summed E-state index contributed by atoms with van der Waals surface area (Å²) < 4.78 is 38.5. The van der Waals surface area contributed by atoms with Crippen molar-refractivity contribution in [2.45, 2.75) is 23.9 Å². The molecule has 0 spiro atoms. The minimum atomic E-state index is -3.66. The second kappa shape index (κ2) is 15.5. The van der Waals surface area contributed by atoms with E-state index in [-0.39, 0.29) is 24.0 Å². The lowest BCUT2D eigenvalue weighted by Crippen LogP contribution is -2.45. The monoisotopic (exact) mass is 627 g/mol. The molecule has 10 heteroatoms. The van der Waals surface area contributed by atoms with E-state index in [0.717, 1.165) is 11.1 Å². The van der Waals surface area contributed by atoms with Gasteiger partial charge < -0.3 is 19.7 Å². The Balaban J connectivity index is 1.33. The van der Waals surface area contributed by atoms with Crippen molar-refractivity contribution in [3.05, 3.63) is 132 Å². The van der Waals surface area contributed by atoms with Gasteiger partial charge >= 0.3 is 0 Å². The Kier molecular flexibility index (Phi) is 11.0. The first kappa shape index (κ1) is 31.9. The lowest BCUT2D eigenvalue weighted by molar-refractivity contribution is -0.143. The van der Waals surface area contributed by atoms with Gasteiger partial charge in [-0.05, 0) is 47.4 Å². The number of morpholine rings is 1. The van der Waals surface area contributed by atoms with Crippen LogP contribution in [-0.4, -0.2) is 68.9 Å². The van der Waals surface area contributed by atoms with Gasteiger partial charge in [0.2, 0.25) is 15.9 Å². The van der Waals surface area contributed by atoms with Crippen LogP contribution in [0.4, 0.5) is 0 Å². The van der Waals surface area contributed by atoms with Gasteiger partial charge in [0.15, 0.2) is 6.61 Å². The lowest BCUT2D eigenvalue weighted by atomic mass is 10.0. The minimum Gasteiger partial charge on any atom is -0.484 e. The fraction of sp³-hybridized carbons (Fsp3) is 0.257. The second-order valence-electron chi connectivity index (χ2n) is 10.6. The van der Waals surface area contributed by atoms with Crippen LogP contribution in [0.5, 0.6) is 5.75 Å². The van der Waals surface area contributed by atoms with Crippen molar-refractivity contribution in [3.8, 4) is 5.75 Å². The smallest absolute Gasteiger partial charge is 0.261 e. The number of carbonyl (C=O) groups is 2. The number of nitrogens with one attached hydrogen (secondary N) is 1. The highest BCUT2D eigenvalue weighted by Crippen LogP contribution is 2.25. The van der Waals surface area contributed by atoms with Crippen LogP contribution in [0, 0.1) is 0 Å². The number of hydrogen-bond donors (Lipinski definition) is 1. The van der Waals surface area contributed by atoms with E-state index in [1.807, 2.05) is 91.0 Å². The normalized spacial score (nSPS) is 14.3. The summed E-state index contributed by atoms with van der Waals surface area (Å²) >= 11 is 0. The van der Waals surface area contributed by atoms with Crippen molar-refractivity contribution >= 4 is 21.8 Å². The summed E-state index contributed by atoms with van der Waals surface area (Å²) in [4.78, 5) is 29.3. The maximum atomic E-state index is 13.9. The van der Waals surface area contributed by atoms with Gasteiger partial charge in [-0.15, -0.1) is 0 Å². The van der Waals surface area contributed by atoms with Gasteiger partial charge in [-0.1, -0.05) is 91.0 Å². The van der Waals surface area contributed by atoms with E-state index in [9.17, 15) is 18.0 Å². The summed E-state index contributed by atoms with van der Waals surface area (Å²) in [5, 5.41) is 3.03. The molecule has 5 rings (SSSR count). The molecule has 0 bridgehead atoms. The number of amides is 2. The highest BCUT2D eigenvalue weighted by Gasteiger charge is 2.32. The van der Waals surface area contributed by atoms with E-state index in [4.69, 9.17) is 9.47 Å². The molecule has 2 amide bonds. The molecule has 1 saturated heterocycles. The van der Waals surface area contributed by atoms with Crippen LogP contribution in [0.1, 0.15) is 22.7 Å². The summed E-state index contributed by atoms with van der Waals surface area (Å²) in [5.74, 6) is -0.345. The van der Waals surface area contributed by atoms with Crippen LogP contribution < -0.4 is 10.1 Å². The molecule has 9 nitrogen and oxygen atoms in total. The molecular weight excluding hydrogens is 590 g/mol. The quantitative estimate of drug-likeness (QED) is 0.238. The van der Waals surface area contributed by atoms with Crippen LogP contribution in [-0.2, 0) is 37.3 Å². The average molecular weight is 628 g/mol. The van der Waals surface area contributed by atoms with Crippen LogP contribution in [0.3, 0.4) is 0 Å². The molecular formula is C35H37N3O6S. The third kappa shape index (κ3) is 8.57. The first-order valence-electron chi connectivity index (χ1n) is 14.9. The lowest BCUT2D eigenvalue weighted by Gasteiger charge is -2.31. The molecule has 1 N–H and O–H groups in total. The summed E-state index contributed by atoms with van der Waals surface area (Å²) in [7, 11) is -3.66. The van der Waals surface area contributed by atoms with Gasteiger partial charge in [0, 0.05) is 26.2 Å². The maximum absolute atomic E-state index is 13.9. The van der Waals surface area contributed by atoms with E-state index < -0.39 is 22.0 Å². The third-order valence-corrected chi connectivity index (χ3v) is 9.45. The van der Waals surface area contributed by atoms with E-state index >= 15 is 0 Å². The van der Waals surface area contributed by atoms with Gasteiger partial charge in [-0.3, -0.25) is 9.59 Å². The Morgan fingerprint density at radius 1 is 0.800 bits per heavy atom. The molecule has 45 heavy (non-hydrogen) atoms. The zero-order chi connectivity index (χ0) is 31.5. The van der Waals surface area contributed by atoms with Crippen molar-refractivity contribution in [2.75, 3.05) is 39.5 Å². The first-order valence-corrected chi connectivity index (χ1v) is 16.4. The molecule has 234 valence electrons. The van der Waals surface area contributed by atoms with Gasteiger partial charge in [-0.25, -0.2) is 8.42 Å². The molecule has 1 aliphatic rings. The Morgan fingerprint density at radius 3 is 2.00 bits per heavy atom. The fourth-order valence-electron chi connectivity index (χ4n) is 5.15. The number of nitrogens with zero attached hydrogens (tertiary/aromatic N) is 2. The van der Waals surface area contributed by atoms with Gasteiger partial charge in [-0.2, -0.15) is 4.31 Å². The van der Waals surface area contributed by atoms with Gasteiger partial charge in [0.05, 0.1) is 18.1 Å². The van der Waals surface area contributed by atoms with E-state index in [1.54, 1.807) is 0 Å². The predicted molar refractivity (Wildman–Crippen MR) is 171 cm³/mol. The fourth-order valence-corrected chi connectivity index (χ4v) is 6.56. The zero-order valence-corrected chi connectivity index (χ0v) is 25.8. The molecule has 0 aliphatic carbocycles. The van der Waals surface area contributed by atoms with Crippen molar-refractivity contribution in [1.82, 2.24) is 14.5 Å². The Bertz CT molecular complexity index is 1630. The number of hydrogen-bond acceptors (Lipinski definition) is 6. The number of carbonyl (C=O) groups excluding carboxylic acids is 2. The molecule has 1 atom stereocenters. The number of sulfonamides is 1. The zero-order valence-electron chi connectivity index (χ0n) is 25.0. The third-order valence-electron chi connectivity index (χ3n) is 7.54. The van der Waals surface area contributed by atoms with Crippen molar-refractivity contribution in [3.63, 3.8) is 0 Å². The summed E-state index contributed by atoms with van der Waals surface area (Å²) in [6.07, 6.45) is 0.654. The van der Waals surface area contributed by atoms with E-state index in [0.29, 0.717) is 50.6 Å². The summed E-state index contributed by atoms with van der Waals surface area (Å²) in [5.41, 5.74) is 2.64. The number of benzene rings is 4. The van der Waals surface area contributed by atoms with Crippen LogP contribution in [0.15, 0.2) is 120 Å². The summed E-state index contributed by atoms with van der Waals surface area (Å²) in [6.45, 7) is 1.57. The van der Waals surface area contributed by atoms with Crippen molar-refractivity contribution in [2.24, 2.45) is 0 Å². The maximum Gasteiger partial charge on any atom is 0.261 e. The van der Waals surface area contributed by atoms with E-state index in [2.05, 4.69) is 5.32 Å². The van der Waals surface area contributed by atoms with Crippen LogP contribution >= 0.6 is 0 Å². The highest BCUT2D eigenvalue weighted by molar-refractivity contribution is 7.89. The number of rotatable bonds is 13. The molecule has 1 fully saturated rings. The van der Waals surface area contributed by atoms with Crippen LogP contribution in [0.25, 0.3) is 0 Å². The molecule has 4 aromatic rings. The molecule has 0 aromatic heterocycles. The molecule has 0 radical (unpaired) electrons. The average Bonchev–Trinajstić information content (AvgIpc) is 3.09. The Hall–Kier alpha value is -4.51. The summed E-state index contributed by atoms with van der Waals surface area (Å²) in [6, 6.07) is 33.7. The Labute approximate surface area is 264 Å². The molecule has 1 heterocycles. The molecule has 1 aliphatic heterocycles. The topological polar surface area (TPSA) is 105 Å². The SMILES string of the molecule is O=C(NCCc1ccccc1)[C@@H](c1ccccc1)N(Cc1ccccc1)C(=O)COc1ccc(S(=O)(=O)N2CCOCC2)cc1. The second-order valence-corrected chi connectivity index (χ2v) is 12.6. The van der Waals surface area contributed by atoms with Crippen molar-refractivity contribution in [1.29, 1.82) is 0 Å². The van der Waals surface area contributed by atoms with Crippen molar-refractivity contribution < 1.29 is 27.5 Å². The van der Waals surface area contributed by atoms with Gasteiger partial charge in [0.25, 0.3) is 5.91 Å². The predicted octanol–water partition coefficient (Wildman–Crippen LogP) is 4.22. The van der Waals surface area contributed by atoms with Gasteiger partial charge in [0.1, 0.15) is 11.8 Å². The number of ether oxygens (including phenoxy) is 2. The van der Waals surface area contributed by atoms with Crippen LogP contribution in [0.2, 0.25) is 0 Å². The highest BCUT2D eigenvalue weighted by atomic mass is 32.2. The Morgan fingerprint density at radius 2 is 1.38 bits per heavy atom. The molecule has 0 unspecified atom stereocenters. The molecule has 4 aromatic carbocycles. The molecule has 0 saturated carbocycles. The minimum absolute atomic E-state index is 0.144. The first-order chi connectivity index (χ1) is 21.9. The largest absolute Gasteiger partial charge is 0.484 e. The van der Waals surface area contributed by atoms with E-state index in [1.165, 1.54) is 33.5 Å².